The van der Waals surface area contributed by atoms with Crippen molar-refractivity contribution >= 4 is 6.21 Å². The van der Waals surface area contributed by atoms with Gasteiger partial charge in [0.15, 0.2) is 0 Å². The molecule has 2 nitrogen and oxygen atoms in total. The molecule has 0 aromatic heterocycles. The molecule has 58 valence electrons. The molecule has 0 aliphatic heterocycles. The molecule has 0 amide bonds. The van der Waals surface area contributed by atoms with Crippen LogP contribution in [0.5, 0.6) is 5.75 Å². The molecule has 0 bridgehead atoms. The van der Waals surface area contributed by atoms with E-state index in [9.17, 15) is 4.39 Å². The maximum atomic E-state index is 12.4. The van der Waals surface area contributed by atoms with Crippen LogP contribution < -0.4 is 0 Å². The molecule has 1 rings (SSSR count). The Morgan fingerprint density at radius 1 is 1.55 bits per heavy atom. The first kappa shape index (κ1) is 7.72. The smallest absolute Gasteiger partial charge is 0.127 e. The van der Waals surface area contributed by atoms with Crippen LogP contribution in [0.15, 0.2) is 23.2 Å². The third-order valence-corrected chi connectivity index (χ3v) is 1.26. The second-order valence-corrected chi connectivity index (χ2v) is 2.09. The normalized spacial score (nSPS) is 10.7. The molecule has 0 saturated heterocycles. The standard InChI is InChI=1S/C8H8FNO/c1-10-5-6-2-3-7(9)4-8(6)11/h2-5,11H,1H3. The minimum absolute atomic E-state index is 0.0874. The van der Waals surface area contributed by atoms with E-state index in [1.54, 1.807) is 7.05 Å². The van der Waals surface area contributed by atoms with E-state index < -0.39 is 5.82 Å². The summed E-state index contributed by atoms with van der Waals surface area (Å²) < 4.78 is 12.4. The van der Waals surface area contributed by atoms with Crippen molar-refractivity contribution in [3.8, 4) is 5.75 Å². The topological polar surface area (TPSA) is 32.6 Å². The fraction of sp³-hybridized carbons (Fsp3) is 0.125. The van der Waals surface area contributed by atoms with Crippen LogP contribution in [0.4, 0.5) is 4.39 Å². The van der Waals surface area contributed by atoms with E-state index in [-0.39, 0.29) is 5.75 Å². The van der Waals surface area contributed by atoms with Crippen molar-refractivity contribution in [1.29, 1.82) is 0 Å². The second-order valence-electron chi connectivity index (χ2n) is 2.09. The highest BCUT2D eigenvalue weighted by molar-refractivity contribution is 5.83. The lowest BCUT2D eigenvalue weighted by Gasteiger charge is -1.96. The summed E-state index contributed by atoms with van der Waals surface area (Å²) in [4.78, 5) is 3.69. The van der Waals surface area contributed by atoms with Crippen molar-refractivity contribution in [2.24, 2.45) is 4.99 Å². The predicted molar refractivity (Wildman–Crippen MR) is 41.6 cm³/mol. The Morgan fingerprint density at radius 3 is 2.82 bits per heavy atom. The van der Waals surface area contributed by atoms with Crippen LogP contribution in [-0.4, -0.2) is 18.4 Å². The Morgan fingerprint density at radius 2 is 2.27 bits per heavy atom. The largest absolute Gasteiger partial charge is 0.507 e. The van der Waals surface area contributed by atoms with E-state index in [2.05, 4.69) is 4.99 Å². The van der Waals surface area contributed by atoms with E-state index in [0.29, 0.717) is 5.56 Å². The molecule has 1 aromatic rings. The third-order valence-electron chi connectivity index (χ3n) is 1.26. The van der Waals surface area contributed by atoms with Crippen LogP contribution in [0, 0.1) is 5.82 Å². The summed E-state index contributed by atoms with van der Waals surface area (Å²) in [6.07, 6.45) is 1.47. The van der Waals surface area contributed by atoms with Crippen LogP contribution in [0.3, 0.4) is 0 Å². The molecular formula is C8H8FNO. The van der Waals surface area contributed by atoms with Gasteiger partial charge >= 0.3 is 0 Å². The Balaban J connectivity index is 3.09. The van der Waals surface area contributed by atoms with Crippen molar-refractivity contribution in [3.05, 3.63) is 29.6 Å². The maximum absolute atomic E-state index is 12.4. The van der Waals surface area contributed by atoms with Gasteiger partial charge in [-0.25, -0.2) is 4.39 Å². The van der Waals surface area contributed by atoms with Gasteiger partial charge in [-0.1, -0.05) is 0 Å². The summed E-state index contributed by atoms with van der Waals surface area (Å²) in [5.41, 5.74) is 0.522. The number of rotatable bonds is 1. The SMILES string of the molecule is CN=Cc1ccc(F)cc1O. The van der Waals surface area contributed by atoms with Gasteiger partial charge in [0.2, 0.25) is 0 Å². The Hall–Kier alpha value is -1.38. The average molecular weight is 153 g/mol. The van der Waals surface area contributed by atoms with E-state index >= 15 is 0 Å². The third kappa shape index (κ3) is 1.77. The fourth-order valence-electron chi connectivity index (χ4n) is 0.765. The molecule has 1 N–H and O–H groups in total. The maximum Gasteiger partial charge on any atom is 0.127 e. The minimum atomic E-state index is -0.448. The van der Waals surface area contributed by atoms with E-state index in [1.165, 1.54) is 18.3 Å². The number of hydrogen-bond donors (Lipinski definition) is 1. The molecule has 0 fully saturated rings. The number of aliphatic imine (C=N–C) groups is 1. The molecule has 0 radical (unpaired) electrons. The number of halogens is 1. The van der Waals surface area contributed by atoms with Crippen molar-refractivity contribution < 1.29 is 9.50 Å². The van der Waals surface area contributed by atoms with Gasteiger partial charge in [-0.3, -0.25) is 4.99 Å². The molecule has 0 aliphatic rings. The fourth-order valence-corrected chi connectivity index (χ4v) is 0.765. The molecule has 0 spiro atoms. The number of aromatic hydroxyl groups is 1. The summed E-state index contributed by atoms with van der Waals surface area (Å²) >= 11 is 0. The first-order chi connectivity index (χ1) is 5.24. The van der Waals surface area contributed by atoms with Crippen molar-refractivity contribution in [1.82, 2.24) is 0 Å². The lowest BCUT2D eigenvalue weighted by atomic mass is 10.2. The molecule has 0 saturated carbocycles. The van der Waals surface area contributed by atoms with E-state index in [0.717, 1.165) is 6.07 Å². The van der Waals surface area contributed by atoms with Gasteiger partial charge in [0.1, 0.15) is 11.6 Å². The summed E-state index contributed by atoms with van der Waals surface area (Å²) in [5.74, 6) is -0.536. The average Bonchev–Trinajstić information content (AvgIpc) is 1.95. The van der Waals surface area contributed by atoms with Gasteiger partial charge in [0.05, 0.1) is 0 Å². The molecule has 3 heteroatoms. The van der Waals surface area contributed by atoms with Crippen LogP contribution in [0.25, 0.3) is 0 Å². The zero-order valence-corrected chi connectivity index (χ0v) is 6.08. The van der Waals surface area contributed by atoms with Crippen LogP contribution >= 0.6 is 0 Å². The van der Waals surface area contributed by atoms with E-state index in [1.807, 2.05) is 0 Å². The lowest BCUT2D eigenvalue weighted by Crippen LogP contribution is -1.83. The van der Waals surface area contributed by atoms with Gasteiger partial charge in [-0.05, 0) is 12.1 Å². The molecular weight excluding hydrogens is 145 g/mol. The number of phenolic OH excluding ortho intramolecular Hbond substituents is 1. The molecule has 1 aromatic carbocycles. The summed E-state index contributed by atoms with van der Waals surface area (Å²) in [6.45, 7) is 0. The van der Waals surface area contributed by atoms with Gasteiger partial charge in [-0.2, -0.15) is 0 Å². The molecule has 0 aliphatic carbocycles. The summed E-state index contributed by atoms with van der Waals surface area (Å²) in [7, 11) is 1.59. The monoisotopic (exact) mass is 153 g/mol. The Bertz CT molecular complexity index is 283. The number of hydrogen-bond acceptors (Lipinski definition) is 2. The van der Waals surface area contributed by atoms with E-state index in [4.69, 9.17) is 5.11 Å². The second kappa shape index (κ2) is 3.14. The Kier molecular flexibility index (Phi) is 2.21. The zero-order valence-electron chi connectivity index (χ0n) is 6.08. The Labute approximate surface area is 64.0 Å². The van der Waals surface area contributed by atoms with Crippen LogP contribution in [-0.2, 0) is 0 Å². The predicted octanol–water partition coefficient (Wildman–Crippen LogP) is 1.58. The first-order valence-corrected chi connectivity index (χ1v) is 3.14. The van der Waals surface area contributed by atoms with Crippen molar-refractivity contribution in [2.45, 2.75) is 0 Å². The molecule has 0 heterocycles. The number of phenols is 1. The molecule has 0 atom stereocenters. The number of benzene rings is 1. The highest BCUT2D eigenvalue weighted by Crippen LogP contribution is 2.15. The molecule has 0 unspecified atom stereocenters. The first-order valence-electron chi connectivity index (χ1n) is 3.14. The van der Waals surface area contributed by atoms with Crippen LogP contribution in [0.2, 0.25) is 0 Å². The molecule has 11 heavy (non-hydrogen) atoms. The summed E-state index contributed by atoms with van der Waals surface area (Å²) in [5, 5.41) is 9.09. The van der Waals surface area contributed by atoms with Crippen molar-refractivity contribution in [2.75, 3.05) is 7.05 Å². The highest BCUT2D eigenvalue weighted by atomic mass is 19.1. The van der Waals surface area contributed by atoms with Gasteiger partial charge < -0.3 is 5.11 Å². The highest BCUT2D eigenvalue weighted by Gasteiger charge is 1.97. The minimum Gasteiger partial charge on any atom is -0.507 e. The van der Waals surface area contributed by atoms with Gasteiger partial charge in [-0.15, -0.1) is 0 Å². The number of nitrogens with zero attached hydrogens (tertiary/aromatic N) is 1. The van der Waals surface area contributed by atoms with Gasteiger partial charge in [0, 0.05) is 24.9 Å². The van der Waals surface area contributed by atoms with Gasteiger partial charge in [0.25, 0.3) is 0 Å². The van der Waals surface area contributed by atoms with Crippen molar-refractivity contribution in [3.63, 3.8) is 0 Å². The lowest BCUT2D eigenvalue weighted by molar-refractivity contribution is 0.468. The zero-order chi connectivity index (χ0) is 8.27. The summed E-state index contributed by atoms with van der Waals surface area (Å²) in [6, 6.07) is 3.80. The van der Waals surface area contributed by atoms with Crippen LogP contribution in [0.1, 0.15) is 5.56 Å². The quantitative estimate of drug-likeness (QED) is 0.610.